The number of hydrogen-bond donors (Lipinski definition) is 0. The molecule has 4 aliphatic rings. The van der Waals surface area contributed by atoms with E-state index in [0.29, 0.717) is 22.6 Å². The lowest BCUT2D eigenvalue weighted by molar-refractivity contribution is -0.143. The summed E-state index contributed by atoms with van der Waals surface area (Å²) in [5, 5.41) is 4.81. The van der Waals surface area contributed by atoms with Gasteiger partial charge < -0.3 is 14.2 Å². The Balaban J connectivity index is 1.15. The van der Waals surface area contributed by atoms with E-state index in [4.69, 9.17) is 14.2 Å². The van der Waals surface area contributed by atoms with Gasteiger partial charge in [-0.2, -0.15) is 0 Å². The van der Waals surface area contributed by atoms with Gasteiger partial charge in [0.1, 0.15) is 11.2 Å². The second-order valence-corrected chi connectivity index (χ2v) is 13.4. The highest BCUT2D eigenvalue weighted by atomic mass is 16.5. The summed E-state index contributed by atoms with van der Waals surface area (Å²) in [6.45, 7) is 3.85. The fraction of sp³-hybridized carbons (Fsp3) is 0.474. The summed E-state index contributed by atoms with van der Waals surface area (Å²) in [5.74, 6) is 0.285. The van der Waals surface area contributed by atoms with Crippen LogP contribution in [0.1, 0.15) is 89.6 Å². The van der Waals surface area contributed by atoms with E-state index >= 15 is 0 Å². The quantitative estimate of drug-likeness (QED) is 0.159. The fourth-order valence-electron chi connectivity index (χ4n) is 7.83. The Morgan fingerprint density at radius 1 is 0.787 bits per heavy atom. The number of carbonyl (C=O) groups is 3. The van der Waals surface area contributed by atoms with Crippen molar-refractivity contribution in [3.05, 3.63) is 83.2 Å². The first kappa shape index (κ1) is 31.5. The Morgan fingerprint density at radius 3 is 2.21 bits per heavy atom. The van der Waals surface area contributed by atoms with Crippen LogP contribution in [0.4, 0.5) is 0 Å². The molecule has 0 spiro atoms. The molecule has 1 atom stereocenters. The van der Waals surface area contributed by atoms with Gasteiger partial charge in [-0.3, -0.25) is 19.4 Å². The van der Waals surface area contributed by atoms with Gasteiger partial charge in [0, 0.05) is 49.7 Å². The number of fused-ring (bicyclic) bond motifs is 1. The Morgan fingerprint density at radius 2 is 1.49 bits per heavy atom. The van der Waals surface area contributed by atoms with E-state index in [9.17, 15) is 14.4 Å². The summed E-state index contributed by atoms with van der Waals surface area (Å²) in [7, 11) is 1.59. The molecule has 2 aliphatic carbocycles. The van der Waals surface area contributed by atoms with E-state index in [1.807, 2.05) is 12.1 Å². The number of rotatable bonds is 9. The minimum atomic E-state index is -1.52. The third kappa shape index (κ3) is 6.19. The van der Waals surface area contributed by atoms with Crippen molar-refractivity contribution in [2.75, 3.05) is 33.3 Å². The third-order valence-electron chi connectivity index (χ3n) is 10.5. The maximum absolute atomic E-state index is 14.6. The molecule has 47 heavy (non-hydrogen) atoms. The maximum Gasteiger partial charge on any atom is 0.314 e. The van der Waals surface area contributed by atoms with Gasteiger partial charge in [0.25, 0.3) is 0 Å². The van der Waals surface area contributed by atoms with Crippen molar-refractivity contribution in [1.82, 2.24) is 15.0 Å². The molecule has 0 radical (unpaired) electrons. The van der Waals surface area contributed by atoms with Gasteiger partial charge in [-0.25, -0.2) is 10.0 Å². The van der Waals surface area contributed by atoms with Crippen LogP contribution in [-0.2, 0) is 16.6 Å². The average molecular weight is 638 g/mol. The molecule has 0 bridgehead atoms. The van der Waals surface area contributed by atoms with Crippen LogP contribution in [0.2, 0.25) is 0 Å². The molecule has 3 aromatic rings. The normalized spacial score (nSPS) is 22.7. The molecule has 9 nitrogen and oxygen atoms in total. The molecule has 2 aliphatic heterocycles. The van der Waals surface area contributed by atoms with Crippen LogP contribution >= 0.6 is 0 Å². The lowest BCUT2D eigenvalue weighted by atomic mass is 9.71. The first-order valence-corrected chi connectivity index (χ1v) is 17.2. The van der Waals surface area contributed by atoms with Crippen molar-refractivity contribution < 1.29 is 28.6 Å². The van der Waals surface area contributed by atoms with Gasteiger partial charge in [-0.15, -0.1) is 0 Å². The van der Waals surface area contributed by atoms with Gasteiger partial charge in [0.2, 0.25) is 0 Å². The molecular formula is C38H43N3O6. The second kappa shape index (κ2) is 13.6. The molecule has 7 rings (SSSR count). The predicted molar refractivity (Wildman–Crippen MR) is 176 cm³/mol. The van der Waals surface area contributed by atoms with E-state index in [1.165, 1.54) is 19.3 Å². The highest BCUT2D eigenvalue weighted by molar-refractivity contribution is 6.33. The summed E-state index contributed by atoms with van der Waals surface area (Å²) < 4.78 is 17.9. The summed E-state index contributed by atoms with van der Waals surface area (Å²) in [6.07, 6.45) is 12.9. The maximum atomic E-state index is 14.6. The predicted octanol–water partition coefficient (Wildman–Crippen LogP) is 5.99. The summed E-state index contributed by atoms with van der Waals surface area (Å²) >= 11 is 0. The van der Waals surface area contributed by atoms with E-state index < -0.39 is 5.41 Å². The Hall–Kier alpha value is -4.08. The topological polar surface area (TPSA) is 98.3 Å². The zero-order valence-electron chi connectivity index (χ0n) is 27.1. The highest BCUT2D eigenvalue weighted by Gasteiger charge is 2.54. The third-order valence-corrected chi connectivity index (χ3v) is 10.5. The van der Waals surface area contributed by atoms with Gasteiger partial charge in [0.05, 0.1) is 19.1 Å². The van der Waals surface area contributed by atoms with Crippen LogP contribution in [0.5, 0.6) is 17.2 Å². The first-order valence-electron chi connectivity index (χ1n) is 17.2. The van der Waals surface area contributed by atoms with Crippen molar-refractivity contribution in [1.29, 1.82) is 0 Å². The molecule has 2 saturated heterocycles. The lowest BCUT2D eigenvalue weighted by Gasteiger charge is -2.41. The van der Waals surface area contributed by atoms with Crippen LogP contribution in [0.15, 0.2) is 60.9 Å². The van der Waals surface area contributed by atoms with Gasteiger partial charge in [-0.05, 0) is 111 Å². The summed E-state index contributed by atoms with van der Waals surface area (Å²) in [5.41, 5.74) is 0.434. The summed E-state index contributed by atoms with van der Waals surface area (Å²) in [4.78, 5) is 46.5. The highest BCUT2D eigenvalue weighted by Crippen LogP contribution is 2.46. The number of carbonyl (C=O) groups excluding carboxylic acids is 3. The molecule has 1 saturated carbocycles. The second-order valence-electron chi connectivity index (χ2n) is 13.4. The Bertz CT molecular complexity index is 1620. The van der Waals surface area contributed by atoms with E-state index in [0.717, 1.165) is 70.3 Å². The first-order chi connectivity index (χ1) is 23.0. The SMILES string of the molecule is COc1ccc(C2(Cc3ccncc3)C(=O)c3ccc(OC(=O)C4CCN(N5CCCCC5)CC4)cc3C2=O)cc1OC1CCCC1. The number of piperidine rings is 2. The smallest absolute Gasteiger partial charge is 0.314 e. The molecule has 2 aromatic carbocycles. The standard InChI is InChI=1S/C38H43N3O6/c1-45-33-12-9-28(23-34(33)46-29-7-3-4-8-29)38(25-26-13-17-39-18-14-26)35(42)31-11-10-30(24-32(31)36(38)43)47-37(44)27-15-21-41(22-16-27)40-19-5-2-6-20-40/h9-14,17-18,23-24,27,29H,2-8,15-16,19-22,25H2,1H3. The van der Waals surface area contributed by atoms with E-state index in [1.54, 1.807) is 55.9 Å². The number of nitrogens with zero attached hydrogens (tertiary/aromatic N) is 3. The zero-order valence-corrected chi connectivity index (χ0v) is 27.1. The molecule has 0 amide bonds. The van der Waals surface area contributed by atoms with Crippen LogP contribution in [-0.4, -0.2) is 71.9 Å². The molecular weight excluding hydrogens is 594 g/mol. The Labute approximate surface area is 276 Å². The number of ketones is 2. The van der Waals surface area contributed by atoms with Crippen LogP contribution in [0.3, 0.4) is 0 Å². The fourth-order valence-corrected chi connectivity index (χ4v) is 7.83. The van der Waals surface area contributed by atoms with Crippen molar-refractivity contribution in [2.24, 2.45) is 5.92 Å². The molecule has 0 N–H and O–H groups in total. The van der Waals surface area contributed by atoms with E-state index in [-0.39, 0.29) is 47.3 Å². The van der Waals surface area contributed by atoms with Crippen molar-refractivity contribution in [2.45, 2.75) is 75.7 Å². The lowest BCUT2D eigenvalue weighted by Crippen LogP contribution is -2.50. The molecule has 3 fully saturated rings. The van der Waals surface area contributed by atoms with Gasteiger partial charge >= 0.3 is 5.97 Å². The Kier molecular flexibility index (Phi) is 9.10. The number of ether oxygens (including phenoxy) is 3. The van der Waals surface area contributed by atoms with Crippen molar-refractivity contribution in [3.8, 4) is 17.2 Å². The zero-order chi connectivity index (χ0) is 32.4. The average Bonchev–Trinajstić information content (AvgIpc) is 3.70. The van der Waals surface area contributed by atoms with Crippen LogP contribution in [0, 0.1) is 5.92 Å². The minimum absolute atomic E-state index is 0.0664. The molecule has 9 heteroatoms. The van der Waals surface area contributed by atoms with Gasteiger partial charge in [0.15, 0.2) is 23.1 Å². The number of esters is 1. The molecule has 3 heterocycles. The summed E-state index contributed by atoms with van der Waals surface area (Å²) in [6, 6.07) is 13.9. The van der Waals surface area contributed by atoms with Gasteiger partial charge in [-0.1, -0.05) is 12.5 Å². The van der Waals surface area contributed by atoms with E-state index in [2.05, 4.69) is 15.0 Å². The number of pyridine rings is 1. The van der Waals surface area contributed by atoms with Crippen LogP contribution in [0.25, 0.3) is 0 Å². The number of hydrazine groups is 1. The number of hydrogen-bond acceptors (Lipinski definition) is 9. The number of Topliss-reactive ketones (excluding diaryl/α,β-unsaturated/α-hetero) is 2. The monoisotopic (exact) mass is 637 g/mol. The number of benzene rings is 2. The largest absolute Gasteiger partial charge is 0.493 e. The number of methoxy groups -OCH3 is 1. The molecule has 1 aromatic heterocycles. The minimum Gasteiger partial charge on any atom is -0.493 e. The molecule has 1 unspecified atom stereocenters. The van der Waals surface area contributed by atoms with Crippen molar-refractivity contribution >= 4 is 17.5 Å². The molecule has 246 valence electrons. The van der Waals surface area contributed by atoms with Crippen molar-refractivity contribution in [3.63, 3.8) is 0 Å². The number of aromatic nitrogens is 1. The van der Waals surface area contributed by atoms with Crippen LogP contribution < -0.4 is 14.2 Å².